The molecule has 10 heteroatoms. The van der Waals surface area contributed by atoms with Gasteiger partial charge in [0.05, 0.1) is 0 Å². The molecule has 0 aromatic heterocycles. The lowest BCUT2D eigenvalue weighted by atomic mass is 10.2. The van der Waals surface area contributed by atoms with Crippen molar-refractivity contribution in [3.05, 3.63) is 0 Å². The number of likely N-dealkylation sites (N-methyl/N-ethyl adjacent to an activating group) is 1. The number of carbonyl (C=O) groups is 1. The van der Waals surface area contributed by atoms with Crippen LogP contribution in [0.5, 0.6) is 0 Å². The molecule has 142 valence electrons. The quantitative estimate of drug-likeness (QED) is 0.347. The van der Waals surface area contributed by atoms with E-state index in [1.165, 1.54) is 0 Å². The average molecular weight is 482 g/mol. The summed E-state index contributed by atoms with van der Waals surface area (Å²) in [5, 5.41) is 6.90. The predicted octanol–water partition coefficient (Wildman–Crippen LogP) is 2.46. The number of thioether (sulfide) groups is 1. The number of amides is 1. The first-order chi connectivity index (χ1) is 10.7. The van der Waals surface area contributed by atoms with Crippen LogP contribution in [0.4, 0.5) is 13.2 Å². The highest BCUT2D eigenvalue weighted by Gasteiger charge is 2.31. The number of halogens is 4. The van der Waals surface area contributed by atoms with E-state index >= 15 is 0 Å². The van der Waals surface area contributed by atoms with E-state index in [1.807, 2.05) is 18.7 Å². The lowest BCUT2D eigenvalue weighted by molar-refractivity contribution is -0.157. The monoisotopic (exact) mass is 482 g/mol. The van der Waals surface area contributed by atoms with Crippen molar-refractivity contribution in [3.8, 4) is 0 Å². The van der Waals surface area contributed by atoms with Crippen LogP contribution in [-0.2, 0) is 4.79 Å². The summed E-state index contributed by atoms with van der Waals surface area (Å²) in [7, 11) is 1.13. The van der Waals surface area contributed by atoms with Crippen molar-refractivity contribution in [1.29, 1.82) is 0 Å². The molecule has 0 aromatic rings. The number of hydrogen-bond acceptors (Lipinski definition) is 3. The van der Waals surface area contributed by atoms with Crippen molar-refractivity contribution in [2.24, 2.45) is 4.99 Å². The highest BCUT2D eigenvalue weighted by molar-refractivity contribution is 14.0. The third kappa shape index (κ3) is 9.19. The Bertz CT molecular complexity index is 423. The smallest absolute Gasteiger partial charge is 0.357 e. The molecule has 24 heavy (non-hydrogen) atoms. The maximum absolute atomic E-state index is 12.3. The highest BCUT2D eigenvalue weighted by atomic mass is 127. The van der Waals surface area contributed by atoms with Gasteiger partial charge in [-0.3, -0.25) is 4.79 Å². The number of carbonyl (C=O) groups excluding carboxylic acids is 1. The summed E-state index contributed by atoms with van der Waals surface area (Å²) in [6.07, 6.45) is 0.867. The van der Waals surface area contributed by atoms with Gasteiger partial charge >= 0.3 is 6.18 Å². The maximum Gasteiger partial charge on any atom is 0.406 e. The summed E-state index contributed by atoms with van der Waals surface area (Å²) in [5.74, 6) is -0.180. The van der Waals surface area contributed by atoms with Crippen LogP contribution in [0.15, 0.2) is 4.99 Å². The largest absolute Gasteiger partial charge is 0.406 e. The first kappa shape index (κ1) is 23.6. The van der Waals surface area contributed by atoms with Gasteiger partial charge in [0, 0.05) is 24.9 Å². The van der Waals surface area contributed by atoms with E-state index in [0.29, 0.717) is 22.7 Å². The van der Waals surface area contributed by atoms with Crippen LogP contribution < -0.4 is 10.6 Å². The van der Waals surface area contributed by atoms with Crippen LogP contribution in [0.3, 0.4) is 0 Å². The molecule has 1 aliphatic carbocycles. The van der Waals surface area contributed by atoms with E-state index in [9.17, 15) is 18.0 Å². The molecule has 0 saturated heterocycles. The lowest BCUT2D eigenvalue weighted by Gasteiger charge is -2.19. The van der Waals surface area contributed by atoms with Crippen molar-refractivity contribution in [2.75, 3.05) is 32.9 Å². The fourth-order valence-corrected chi connectivity index (χ4v) is 3.22. The normalized spacial score (nSPS) is 21.2. The molecule has 1 rings (SSSR count). The summed E-state index contributed by atoms with van der Waals surface area (Å²) in [4.78, 5) is 16.5. The van der Waals surface area contributed by atoms with Gasteiger partial charge < -0.3 is 15.5 Å². The fraction of sp³-hybridized carbons (Fsp3) is 0.857. The Kier molecular flexibility index (Phi) is 11.1. The van der Waals surface area contributed by atoms with Crippen molar-refractivity contribution < 1.29 is 18.0 Å². The predicted molar refractivity (Wildman–Crippen MR) is 103 cm³/mol. The minimum absolute atomic E-state index is 0. The van der Waals surface area contributed by atoms with Crippen LogP contribution in [0, 0.1) is 0 Å². The standard InChI is InChI=1S/C14H25F3N4OS.HI/c1-4-18-13(20-10-5-6-11(7-10)23-3)19-8-12(22)21(2)9-14(15,16)17;/h10-11H,4-9H2,1-3H3,(H2,18,19,20);1H. The van der Waals surface area contributed by atoms with Gasteiger partial charge in [0.1, 0.15) is 13.1 Å². The highest BCUT2D eigenvalue weighted by Crippen LogP contribution is 2.28. The average Bonchev–Trinajstić information content (AvgIpc) is 2.90. The number of rotatable bonds is 6. The molecule has 2 unspecified atom stereocenters. The molecule has 1 amide bonds. The number of alkyl halides is 3. The summed E-state index contributed by atoms with van der Waals surface area (Å²) in [6.45, 7) is 0.954. The van der Waals surface area contributed by atoms with Crippen molar-refractivity contribution in [3.63, 3.8) is 0 Å². The molecule has 1 fully saturated rings. The van der Waals surface area contributed by atoms with E-state index < -0.39 is 18.6 Å². The Hall–Kier alpha value is -0.390. The van der Waals surface area contributed by atoms with Gasteiger partial charge in [-0.25, -0.2) is 4.99 Å². The molecule has 2 N–H and O–H groups in total. The molecule has 0 spiro atoms. The van der Waals surface area contributed by atoms with Gasteiger partial charge in [0.15, 0.2) is 5.96 Å². The Morgan fingerprint density at radius 1 is 1.38 bits per heavy atom. The number of nitrogens with zero attached hydrogens (tertiary/aromatic N) is 2. The zero-order chi connectivity index (χ0) is 17.5. The number of aliphatic imine (C=N–C) groups is 1. The van der Waals surface area contributed by atoms with E-state index in [-0.39, 0.29) is 36.6 Å². The van der Waals surface area contributed by atoms with E-state index in [1.54, 1.807) is 0 Å². The van der Waals surface area contributed by atoms with Crippen LogP contribution in [0.2, 0.25) is 0 Å². The van der Waals surface area contributed by atoms with Gasteiger partial charge in [-0.15, -0.1) is 24.0 Å². The van der Waals surface area contributed by atoms with Crippen LogP contribution in [0.1, 0.15) is 26.2 Å². The van der Waals surface area contributed by atoms with Crippen molar-refractivity contribution in [2.45, 2.75) is 43.7 Å². The molecule has 0 radical (unpaired) electrons. The SMILES string of the molecule is CCNC(=NCC(=O)N(C)CC(F)(F)F)NC1CCC(SC)C1.I. The molecule has 1 aliphatic rings. The van der Waals surface area contributed by atoms with Gasteiger partial charge in [0.25, 0.3) is 0 Å². The third-order valence-electron chi connectivity index (χ3n) is 3.62. The molecule has 0 aliphatic heterocycles. The van der Waals surface area contributed by atoms with Crippen LogP contribution in [0.25, 0.3) is 0 Å². The molecule has 2 atom stereocenters. The minimum Gasteiger partial charge on any atom is -0.357 e. The summed E-state index contributed by atoms with van der Waals surface area (Å²) < 4.78 is 36.8. The maximum atomic E-state index is 12.3. The zero-order valence-electron chi connectivity index (χ0n) is 14.2. The van der Waals surface area contributed by atoms with Crippen molar-refractivity contribution in [1.82, 2.24) is 15.5 Å². The van der Waals surface area contributed by atoms with E-state index in [2.05, 4.69) is 21.9 Å². The Morgan fingerprint density at radius 3 is 2.54 bits per heavy atom. The molecular formula is C14H26F3IN4OS. The third-order valence-corrected chi connectivity index (χ3v) is 4.71. The summed E-state index contributed by atoms with van der Waals surface area (Å²) in [6, 6.07) is 0.285. The topological polar surface area (TPSA) is 56.7 Å². The first-order valence-corrected chi connectivity index (χ1v) is 8.92. The molecule has 0 aromatic carbocycles. The van der Waals surface area contributed by atoms with Gasteiger partial charge in [0.2, 0.25) is 5.91 Å². The number of nitrogens with one attached hydrogen (secondary N) is 2. The molecule has 0 heterocycles. The summed E-state index contributed by atoms with van der Waals surface area (Å²) >= 11 is 1.84. The van der Waals surface area contributed by atoms with Gasteiger partial charge in [-0.1, -0.05) is 0 Å². The second kappa shape index (κ2) is 11.3. The van der Waals surface area contributed by atoms with Crippen LogP contribution >= 0.6 is 35.7 Å². The Balaban J connectivity index is 0.00000529. The van der Waals surface area contributed by atoms with Gasteiger partial charge in [-0.05, 0) is 32.4 Å². The minimum atomic E-state index is -4.40. The molecular weight excluding hydrogens is 456 g/mol. The van der Waals surface area contributed by atoms with E-state index in [0.717, 1.165) is 26.3 Å². The number of guanidine groups is 1. The second-order valence-corrected chi connectivity index (χ2v) is 6.71. The first-order valence-electron chi connectivity index (χ1n) is 7.63. The molecule has 0 bridgehead atoms. The molecule has 1 saturated carbocycles. The Labute approximate surface area is 162 Å². The zero-order valence-corrected chi connectivity index (χ0v) is 17.3. The molecule has 5 nitrogen and oxygen atoms in total. The fourth-order valence-electron chi connectivity index (χ4n) is 2.42. The lowest BCUT2D eigenvalue weighted by Crippen LogP contribution is -2.43. The number of hydrogen-bond donors (Lipinski definition) is 2. The Morgan fingerprint density at radius 2 is 2.04 bits per heavy atom. The van der Waals surface area contributed by atoms with E-state index in [4.69, 9.17) is 0 Å². The second-order valence-electron chi connectivity index (χ2n) is 5.57. The van der Waals surface area contributed by atoms with Gasteiger partial charge in [-0.2, -0.15) is 24.9 Å². The summed E-state index contributed by atoms with van der Waals surface area (Å²) in [5.41, 5.74) is 0. The van der Waals surface area contributed by atoms with Crippen LogP contribution in [-0.4, -0.2) is 67.2 Å². The van der Waals surface area contributed by atoms with Crippen molar-refractivity contribution >= 4 is 47.6 Å².